The largest absolute Gasteiger partial charge is 0.497 e. The molecule has 0 spiro atoms. The Hall–Kier alpha value is -1.78. The molecule has 1 N–H and O–H groups in total. The number of rotatable bonds is 5. The van der Waals surface area contributed by atoms with Crippen LogP contribution in [0.2, 0.25) is 5.02 Å². The van der Waals surface area contributed by atoms with Gasteiger partial charge < -0.3 is 14.8 Å². The summed E-state index contributed by atoms with van der Waals surface area (Å²) in [5.74, 6) is 0.494. The van der Waals surface area contributed by atoms with Crippen molar-refractivity contribution in [2.24, 2.45) is 0 Å². The molecule has 0 aliphatic heterocycles. The zero-order chi connectivity index (χ0) is 15.4. The van der Waals surface area contributed by atoms with Crippen molar-refractivity contribution in [3.8, 4) is 11.5 Å². The summed E-state index contributed by atoms with van der Waals surface area (Å²) >= 11 is 6.29. The summed E-state index contributed by atoms with van der Waals surface area (Å²) in [5.41, 5.74) is 1.62. The van der Waals surface area contributed by atoms with E-state index in [1.807, 2.05) is 18.2 Å². The van der Waals surface area contributed by atoms with E-state index in [0.717, 1.165) is 11.1 Å². The quantitative estimate of drug-likeness (QED) is 0.911. The number of nitrogens with one attached hydrogen (secondary N) is 1. The number of methoxy groups -OCH3 is 2. The minimum absolute atomic E-state index is 0.217. The van der Waals surface area contributed by atoms with Crippen LogP contribution in [-0.4, -0.2) is 21.3 Å². The van der Waals surface area contributed by atoms with Crippen LogP contribution in [0, 0.1) is 5.82 Å². The molecule has 0 radical (unpaired) electrons. The summed E-state index contributed by atoms with van der Waals surface area (Å²) in [6, 6.07) is 10.1. The van der Waals surface area contributed by atoms with E-state index in [9.17, 15) is 4.39 Å². The van der Waals surface area contributed by atoms with Crippen molar-refractivity contribution in [3.63, 3.8) is 0 Å². The van der Waals surface area contributed by atoms with Gasteiger partial charge in [0.1, 0.15) is 5.75 Å². The van der Waals surface area contributed by atoms with Crippen LogP contribution in [0.4, 0.5) is 4.39 Å². The third-order valence-electron chi connectivity index (χ3n) is 3.32. The maximum absolute atomic E-state index is 13.9. The van der Waals surface area contributed by atoms with Crippen molar-refractivity contribution in [1.82, 2.24) is 5.32 Å². The molecule has 21 heavy (non-hydrogen) atoms. The highest BCUT2D eigenvalue weighted by molar-refractivity contribution is 6.31. The molecule has 2 aromatic rings. The predicted molar refractivity (Wildman–Crippen MR) is 81.9 cm³/mol. The van der Waals surface area contributed by atoms with Gasteiger partial charge in [-0.3, -0.25) is 0 Å². The Labute approximate surface area is 128 Å². The first-order valence-corrected chi connectivity index (χ1v) is 6.82. The fourth-order valence-corrected chi connectivity index (χ4v) is 2.51. The molecule has 0 aliphatic rings. The van der Waals surface area contributed by atoms with Crippen LogP contribution in [-0.2, 0) is 0 Å². The third kappa shape index (κ3) is 3.28. The van der Waals surface area contributed by atoms with Gasteiger partial charge in [0.2, 0.25) is 0 Å². The van der Waals surface area contributed by atoms with Crippen molar-refractivity contribution in [2.45, 2.75) is 6.04 Å². The van der Waals surface area contributed by atoms with Crippen LogP contribution < -0.4 is 14.8 Å². The smallest absolute Gasteiger partial charge is 0.165 e. The average molecular weight is 310 g/mol. The van der Waals surface area contributed by atoms with Gasteiger partial charge in [-0.15, -0.1) is 0 Å². The lowest BCUT2D eigenvalue weighted by molar-refractivity contribution is 0.386. The molecule has 0 aliphatic carbocycles. The highest BCUT2D eigenvalue weighted by Gasteiger charge is 2.17. The van der Waals surface area contributed by atoms with Crippen LogP contribution in [0.15, 0.2) is 36.4 Å². The van der Waals surface area contributed by atoms with Gasteiger partial charge >= 0.3 is 0 Å². The van der Waals surface area contributed by atoms with Gasteiger partial charge in [0, 0.05) is 5.02 Å². The number of halogens is 2. The number of benzene rings is 2. The van der Waals surface area contributed by atoms with Crippen LogP contribution in [0.1, 0.15) is 17.2 Å². The normalized spacial score (nSPS) is 12.0. The van der Waals surface area contributed by atoms with E-state index in [1.165, 1.54) is 13.2 Å². The maximum Gasteiger partial charge on any atom is 0.165 e. The fraction of sp³-hybridized carbons (Fsp3) is 0.250. The number of hydrogen-bond donors (Lipinski definition) is 1. The van der Waals surface area contributed by atoms with Gasteiger partial charge in [-0.25, -0.2) is 4.39 Å². The molecule has 0 aromatic heterocycles. The molecule has 3 nitrogen and oxygen atoms in total. The minimum atomic E-state index is -0.403. The molecule has 0 saturated carbocycles. The molecule has 0 fully saturated rings. The topological polar surface area (TPSA) is 30.5 Å². The summed E-state index contributed by atoms with van der Waals surface area (Å²) in [6.07, 6.45) is 0. The zero-order valence-corrected chi connectivity index (χ0v) is 12.9. The summed E-state index contributed by atoms with van der Waals surface area (Å²) in [7, 11) is 4.82. The van der Waals surface area contributed by atoms with Crippen molar-refractivity contribution in [1.29, 1.82) is 0 Å². The van der Waals surface area contributed by atoms with Gasteiger partial charge in [-0.05, 0) is 42.4 Å². The van der Waals surface area contributed by atoms with Crippen LogP contribution >= 0.6 is 11.6 Å². The number of hydrogen-bond acceptors (Lipinski definition) is 3. The monoisotopic (exact) mass is 309 g/mol. The molecule has 112 valence electrons. The van der Waals surface area contributed by atoms with Gasteiger partial charge in [0.15, 0.2) is 11.6 Å². The molecule has 2 rings (SSSR count). The molecule has 0 amide bonds. The van der Waals surface area contributed by atoms with E-state index in [-0.39, 0.29) is 11.8 Å². The van der Waals surface area contributed by atoms with Gasteiger partial charge in [0.05, 0.1) is 20.3 Å². The molecule has 1 atom stereocenters. The lowest BCUT2D eigenvalue weighted by atomic mass is 9.98. The van der Waals surface area contributed by atoms with Crippen molar-refractivity contribution in [3.05, 3.63) is 58.4 Å². The average Bonchev–Trinajstić information content (AvgIpc) is 2.49. The Kier molecular flexibility index (Phi) is 5.04. The summed E-state index contributed by atoms with van der Waals surface area (Å²) in [5, 5.41) is 3.71. The SMILES string of the molecule is CNC(c1ccc(OC)c(F)c1)c1ccc(OC)cc1Cl. The first kappa shape index (κ1) is 15.6. The molecular formula is C16H17ClFNO2. The second kappa shape index (κ2) is 6.78. The van der Waals surface area contributed by atoms with E-state index in [2.05, 4.69) is 5.32 Å². The Morgan fingerprint density at radius 2 is 1.86 bits per heavy atom. The van der Waals surface area contributed by atoms with Crippen molar-refractivity contribution in [2.75, 3.05) is 21.3 Å². The molecule has 5 heteroatoms. The lowest BCUT2D eigenvalue weighted by Gasteiger charge is -2.19. The Balaban J connectivity index is 2.42. The second-order valence-corrected chi connectivity index (χ2v) is 4.91. The van der Waals surface area contributed by atoms with Gasteiger partial charge in [-0.2, -0.15) is 0 Å². The van der Waals surface area contributed by atoms with E-state index in [4.69, 9.17) is 21.1 Å². The van der Waals surface area contributed by atoms with Crippen molar-refractivity contribution >= 4 is 11.6 Å². The lowest BCUT2D eigenvalue weighted by Crippen LogP contribution is -2.18. The first-order chi connectivity index (χ1) is 10.1. The Morgan fingerprint density at radius 1 is 1.10 bits per heavy atom. The highest BCUT2D eigenvalue weighted by Crippen LogP contribution is 2.32. The Bertz CT molecular complexity index is 634. The third-order valence-corrected chi connectivity index (χ3v) is 3.64. The van der Waals surface area contributed by atoms with Crippen molar-refractivity contribution < 1.29 is 13.9 Å². The highest BCUT2D eigenvalue weighted by atomic mass is 35.5. The van der Waals surface area contributed by atoms with Gasteiger partial charge in [-0.1, -0.05) is 23.7 Å². The molecule has 0 saturated heterocycles. The Morgan fingerprint density at radius 3 is 2.38 bits per heavy atom. The first-order valence-electron chi connectivity index (χ1n) is 6.44. The predicted octanol–water partition coefficient (Wildman–Crippen LogP) is 3.81. The number of ether oxygens (including phenoxy) is 2. The standard InChI is InChI=1S/C16H17ClFNO2/c1-19-16(10-4-7-15(21-3)14(18)8-10)12-6-5-11(20-2)9-13(12)17/h4-9,16,19H,1-3H3. The summed E-state index contributed by atoms with van der Waals surface area (Å²) in [4.78, 5) is 0. The van der Waals surface area contributed by atoms with Crippen LogP contribution in [0.3, 0.4) is 0 Å². The van der Waals surface area contributed by atoms with Crippen LogP contribution in [0.5, 0.6) is 11.5 Å². The molecule has 2 aromatic carbocycles. The van der Waals surface area contributed by atoms with Gasteiger partial charge in [0.25, 0.3) is 0 Å². The molecular weight excluding hydrogens is 293 g/mol. The maximum atomic E-state index is 13.9. The fourth-order valence-electron chi connectivity index (χ4n) is 2.23. The second-order valence-electron chi connectivity index (χ2n) is 4.50. The van der Waals surface area contributed by atoms with E-state index in [1.54, 1.807) is 26.3 Å². The van der Waals surface area contributed by atoms with Crippen LogP contribution in [0.25, 0.3) is 0 Å². The molecule has 0 bridgehead atoms. The van der Waals surface area contributed by atoms with E-state index < -0.39 is 5.82 Å². The zero-order valence-electron chi connectivity index (χ0n) is 12.1. The molecule has 0 heterocycles. The summed E-state index contributed by atoms with van der Waals surface area (Å²) < 4.78 is 23.9. The van der Waals surface area contributed by atoms with E-state index >= 15 is 0 Å². The molecule has 1 unspecified atom stereocenters. The minimum Gasteiger partial charge on any atom is -0.497 e. The summed E-state index contributed by atoms with van der Waals surface area (Å²) in [6.45, 7) is 0. The van der Waals surface area contributed by atoms with E-state index in [0.29, 0.717) is 10.8 Å².